The lowest BCUT2D eigenvalue weighted by Gasteiger charge is -2.07. The van der Waals surface area contributed by atoms with Gasteiger partial charge in [-0.2, -0.15) is 0 Å². The number of aryl methyl sites for hydroxylation is 2. The van der Waals surface area contributed by atoms with Crippen LogP contribution in [-0.4, -0.2) is 10.9 Å². The van der Waals surface area contributed by atoms with Gasteiger partial charge in [-0.3, -0.25) is 4.79 Å². The van der Waals surface area contributed by atoms with Gasteiger partial charge in [0.2, 0.25) is 5.89 Å². The van der Waals surface area contributed by atoms with Gasteiger partial charge in [-0.25, -0.2) is 4.98 Å². The van der Waals surface area contributed by atoms with Gasteiger partial charge in [-0.05, 0) is 61.9 Å². The number of carbonyl (C=O) groups is 1. The molecule has 0 aliphatic carbocycles. The third kappa shape index (κ3) is 3.22. The zero-order valence-electron chi connectivity index (χ0n) is 14.6. The van der Waals surface area contributed by atoms with Crippen LogP contribution in [-0.2, 0) is 0 Å². The van der Waals surface area contributed by atoms with Crippen molar-refractivity contribution in [1.82, 2.24) is 4.98 Å². The van der Waals surface area contributed by atoms with Gasteiger partial charge in [-0.1, -0.05) is 29.8 Å². The molecule has 128 valence electrons. The molecule has 0 radical (unpaired) electrons. The smallest absolute Gasteiger partial charge is 0.255 e. The summed E-state index contributed by atoms with van der Waals surface area (Å²) in [5.74, 6) is 0.399. The maximum Gasteiger partial charge on any atom is 0.255 e. The highest BCUT2D eigenvalue weighted by atomic mass is 16.3. The molecule has 0 fully saturated rings. The Kier molecular flexibility index (Phi) is 4.01. The van der Waals surface area contributed by atoms with Gasteiger partial charge in [0.25, 0.3) is 5.91 Å². The molecule has 1 amide bonds. The van der Waals surface area contributed by atoms with Crippen molar-refractivity contribution in [3.05, 3.63) is 83.4 Å². The first-order valence-electron chi connectivity index (χ1n) is 8.44. The zero-order valence-corrected chi connectivity index (χ0v) is 14.6. The van der Waals surface area contributed by atoms with Gasteiger partial charge < -0.3 is 9.73 Å². The molecular formula is C22H18N2O2. The highest BCUT2D eigenvalue weighted by Gasteiger charge is 2.11. The number of amides is 1. The van der Waals surface area contributed by atoms with Gasteiger partial charge in [0.05, 0.1) is 0 Å². The van der Waals surface area contributed by atoms with Crippen molar-refractivity contribution in [3.63, 3.8) is 0 Å². The highest BCUT2D eigenvalue weighted by Crippen LogP contribution is 2.27. The Balaban J connectivity index is 1.62. The lowest BCUT2D eigenvalue weighted by atomic mass is 10.1. The van der Waals surface area contributed by atoms with E-state index in [0.717, 1.165) is 27.8 Å². The molecule has 0 aliphatic heterocycles. The van der Waals surface area contributed by atoms with E-state index in [1.807, 2.05) is 74.5 Å². The SMILES string of the molecule is Cc1cccc(C(=O)Nc2cccc(-c3nc4ccc(C)cc4o3)c2)c1. The second kappa shape index (κ2) is 6.48. The number of nitrogens with one attached hydrogen (secondary N) is 1. The molecule has 0 unspecified atom stereocenters. The molecule has 0 saturated carbocycles. The minimum Gasteiger partial charge on any atom is -0.436 e. The van der Waals surface area contributed by atoms with Crippen LogP contribution in [0.15, 0.2) is 71.1 Å². The number of hydrogen-bond donors (Lipinski definition) is 1. The molecule has 1 heterocycles. The van der Waals surface area contributed by atoms with Crippen LogP contribution in [0.5, 0.6) is 0 Å². The molecule has 0 aliphatic rings. The fourth-order valence-electron chi connectivity index (χ4n) is 2.87. The molecule has 4 rings (SSSR count). The summed E-state index contributed by atoms with van der Waals surface area (Å²) >= 11 is 0. The van der Waals surface area contributed by atoms with Crippen molar-refractivity contribution in [3.8, 4) is 11.5 Å². The average molecular weight is 342 g/mol. The molecule has 26 heavy (non-hydrogen) atoms. The first kappa shape index (κ1) is 16.1. The van der Waals surface area contributed by atoms with E-state index in [1.54, 1.807) is 6.07 Å². The largest absolute Gasteiger partial charge is 0.436 e. The summed E-state index contributed by atoms with van der Waals surface area (Å²) in [6.07, 6.45) is 0. The third-order valence-electron chi connectivity index (χ3n) is 4.19. The Hall–Kier alpha value is -3.40. The van der Waals surface area contributed by atoms with Crippen LogP contribution in [0.3, 0.4) is 0 Å². The Morgan fingerprint density at radius 3 is 2.58 bits per heavy atom. The van der Waals surface area contributed by atoms with E-state index < -0.39 is 0 Å². The molecule has 1 aromatic heterocycles. The molecule has 4 aromatic rings. The first-order chi connectivity index (χ1) is 12.6. The zero-order chi connectivity index (χ0) is 18.1. The van der Waals surface area contributed by atoms with Crippen LogP contribution in [0.2, 0.25) is 0 Å². The molecule has 1 N–H and O–H groups in total. The predicted molar refractivity (Wildman–Crippen MR) is 103 cm³/mol. The van der Waals surface area contributed by atoms with E-state index >= 15 is 0 Å². The van der Waals surface area contributed by atoms with Gasteiger partial charge in [0.1, 0.15) is 5.52 Å². The van der Waals surface area contributed by atoms with Gasteiger partial charge >= 0.3 is 0 Å². The number of rotatable bonds is 3. The van der Waals surface area contributed by atoms with E-state index in [4.69, 9.17) is 4.42 Å². The monoisotopic (exact) mass is 342 g/mol. The molecule has 0 atom stereocenters. The maximum absolute atomic E-state index is 12.4. The normalized spacial score (nSPS) is 10.8. The Morgan fingerprint density at radius 1 is 0.923 bits per heavy atom. The van der Waals surface area contributed by atoms with Crippen molar-refractivity contribution in [2.75, 3.05) is 5.32 Å². The highest BCUT2D eigenvalue weighted by molar-refractivity contribution is 6.04. The number of benzene rings is 3. The second-order valence-corrected chi connectivity index (χ2v) is 6.39. The van der Waals surface area contributed by atoms with Gasteiger partial charge in [0, 0.05) is 16.8 Å². The number of anilines is 1. The van der Waals surface area contributed by atoms with E-state index in [-0.39, 0.29) is 5.91 Å². The van der Waals surface area contributed by atoms with Gasteiger partial charge in [0.15, 0.2) is 5.58 Å². The van der Waals surface area contributed by atoms with E-state index in [1.165, 1.54) is 0 Å². The van der Waals surface area contributed by atoms with Crippen molar-refractivity contribution >= 4 is 22.7 Å². The summed E-state index contributed by atoms with van der Waals surface area (Å²) in [5.41, 5.74) is 5.91. The number of hydrogen-bond acceptors (Lipinski definition) is 3. The van der Waals surface area contributed by atoms with Crippen LogP contribution < -0.4 is 5.32 Å². The Morgan fingerprint density at radius 2 is 1.73 bits per heavy atom. The Labute approximate surface area is 151 Å². The van der Waals surface area contributed by atoms with Gasteiger partial charge in [-0.15, -0.1) is 0 Å². The number of aromatic nitrogens is 1. The fourth-order valence-corrected chi connectivity index (χ4v) is 2.87. The fraction of sp³-hybridized carbons (Fsp3) is 0.0909. The number of fused-ring (bicyclic) bond motifs is 1. The summed E-state index contributed by atoms with van der Waals surface area (Å²) in [6, 6.07) is 20.9. The minimum atomic E-state index is -0.140. The molecule has 4 nitrogen and oxygen atoms in total. The van der Waals surface area contributed by atoms with Crippen molar-refractivity contribution in [2.45, 2.75) is 13.8 Å². The minimum absolute atomic E-state index is 0.140. The summed E-state index contributed by atoms with van der Waals surface area (Å²) in [7, 11) is 0. The van der Waals surface area contributed by atoms with Crippen LogP contribution in [0, 0.1) is 13.8 Å². The summed E-state index contributed by atoms with van der Waals surface area (Å²) in [5, 5.41) is 2.93. The predicted octanol–water partition coefficient (Wildman–Crippen LogP) is 5.36. The molecule has 3 aromatic carbocycles. The molecule has 0 spiro atoms. The number of oxazole rings is 1. The first-order valence-corrected chi connectivity index (χ1v) is 8.44. The molecule has 4 heteroatoms. The van der Waals surface area contributed by atoms with E-state index in [2.05, 4.69) is 10.3 Å². The second-order valence-electron chi connectivity index (χ2n) is 6.39. The van der Waals surface area contributed by atoms with Crippen LogP contribution in [0.1, 0.15) is 21.5 Å². The summed E-state index contributed by atoms with van der Waals surface area (Å²) in [4.78, 5) is 17.0. The molecular weight excluding hydrogens is 324 g/mol. The van der Waals surface area contributed by atoms with Crippen molar-refractivity contribution in [1.29, 1.82) is 0 Å². The molecule has 0 saturated heterocycles. The van der Waals surface area contributed by atoms with Crippen LogP contribution in [0.25, 0.3) is 22.6 Å². The quantitative estimate of drug-likeness (QED) is 0.545. The van der Waals surface area contributed by atoms with E-state index in [9.17, 15) is 4.79 Å². The van der Waals surface area contributed by atoms with Crippen LogP contribution >= 0.6 is 0 Å². The Bertz CT molecular complexity index is 1110. The number of carbonyl (C=O) groups excluding carboxylic acids is 1. The van der Waals surface area contributed by atoms with Crippen LogP contribution in [0.4, 0.5) is 5.69 Å². The number of nitrogens with zero attached hydrogens (tertiary/aromatic N) is 1. The average Bonchev–Trinajstić information content (AvgIpc) is 3.05. The maximum atomic E-state index is 12.4. The molecule has 0 bridgehead atoms. The summed E-state index contributed by atoms with van der Waals surface area (Å²) < 4.78 is 5.87. The lowest BCUT2D eigenvalue weighted by Crippen LogP contribution is -2.11. The van der Waals surface area contributed by atoms with E-state index in [0.29, 0.717) is 17.1 Å². The lowest BCUT2D eigenvalue weighted by molar-refractivity contribution is 0.102. The standard InChI is InChI=1S/C22H18N2O2/c1-14-5-3-6-16(11-14)21(25)23-18-8-4-7-17(13-18)22-24-19-10-9-15(2)12-20(19)26-22/h3-13H,1-2H3,(H,23,25). The van der Waals surface area contributed by atoms with Crippen molar-refractivity contribution < 1.29 is 9.21 Å². The van der Waals surface area contributed by atoms with Crippen molar-refractivity contribution in [2.24, 2.45) is 0 Å². The third-order valence-corrected chi connectivity index (χ3v) is 4.19. The topological polar surface area (TPSA) is 55.1 Å². The summed E-state index contributed by atoms with van der Waals surface area (Å²) in [6.45, 7) is 3.98.